The van der Waals surface area contributed by atoms with E-state index in [4.69, 9.17) is 15.5 Å². The number of pyridine rings is 1. The van der Waals surface area contributed by atoms with Gasteiger partial charge < -0.3 is 19.9 Å². The van der Waals surface area contributed by atoms with Crippen molar-refractivity contribution in [3.63, 3.8) is 0 Å². The molecule has 0 aliphatic carbocycles. The minimum atomic E-state index is 0.00848. The molecule has 7 nitrogen and oxygen atoms in total. The number of ether oxygens (including phenoxy) is 1. The molecule has 158 valence electrons. The van der Waals surface area contributed by atoms with Gasteiger partial charge in [0.2, 0.25) is 0 Å². The lowest BCUT2D eigenvalue weighted by molar-refractivity contribution is 0.00120. The van der Waals surface area contributed by atoms with Crippen molar-refractivity contribution in [3.8, 4) is 0 Å². The third kappa shape index (κ3) is 3.39. The first kappa shape index (κ1) is 18.6. The number of hydrogen-bond donors (Lipinski definition) is 1. The number of anilines is 2. The van der Waals surface area contributed by atoms with E-state index in [0.717, 1.165) is 61.1 Å². The molecule has 2 atom stereocenters. The van der Waals surface area contributed by atoms with Crippen LogP contribution >= 0.6 is 0 Å². The smallest absolute Gasteiger partial charge is 0.147 e. The molecule has 3 aromatic heterocycles. The third-order valence-electron chi connectivity index (χ3n) is 6.61. The van der Waals surface area contributed by atoms with E-state index in [0.29, 0.717) is 5.82 Å². The molecule has 2 fully saturated rings. The lowest BCUT2D eigenvalue weighted by Gasteiger charge is -2.32. The summed E-state index contributed by atoms with van der Waals surface area (Å²) in [7, 11) is 0. The van der Waals surface area contributed by atoms with Gasteiger partial charge in [0.1, 0.15) is 29.8 Å². The average Bonchev–Trinajstić information content (AvgIpc) is 3.38. The number of aromatic nitrogens is 4. The summed E-state index contributed by atoms with van der Waals surface area (Å²) >= 11 is 0. The van der Waals surface area contributed by atoms with Crippen LogP contribution in [0.2, 0.25) is 0 Å². The molecular formula is C24H26N6O. The number of rotatable bonds is 5. The summed E-state index contributed by atoms with van der Waals surface area (Å²) in [5, 5.41) is 2.08. The first-order valence-corrected chi connectivity index (χ1v) is 11.1. The first-order chi connectivity index (χ1) is 15.2. The zero-order valence-corrected chi connectivity index (χ0v) is 17.4. The molecule has 6 rings (SSSR count). The quantitative estimate of drug-likeness (QED) is 0.530. The van der Waals surface area contributed by atoms with Crippen molar-refractivity contribution in [1.82, 2.24) is 19.5 Å². The molecule has 2 aliphatic rings. The van der Waals surface area contributed by atoms with E-state index in [2.05, 4.69) is 49.8 Å². The van der Waals surface area contributed by atoms with Gasteiger partial charge in [0.05, 0.1) is 17.0 Å². The van der Waals surface area contributed by atoms with E-state index in [1.807, 2.05) is 12.3 Å². The van der Waals surface area contributed by atoms with Gasteiger partial charge in [-0.15, -0.1) is 0 Å². The second kappa shape index (κ2) is 7.50. The van der Waals surface area contributed by atoms with Crippen molar-refractivity contribution < 1.29 is 4.74 Å². The van der Waals surface area contributed by atoms with Gasteiger partial charge in [-0.3, -0.25) is 0 Å². The fraction of sp³-hybridized carbons (Fsp3) is 0.375. The Morgan fingerprint density at radius 1 is 1.06 bits per heavy atom. The molecule has 7 heteroatoms. The molecule has 1 aromatic carbocycles. The molecule has 0 bridgehead atoms. The summed E-state index contributed by atoms with van der Waals surface area (Å²) < 4.78 is 8.46. The molecule has 2 unspecified atom stereocenters. The zero-order chi connectivity index (χ0) is 20.8. The molecule has 0 amide bonds. The lowest BCUT2D eigenvalue weighted by Crippen LogP contribution is -2.37. The predicted molar refractivity (Wildman–Crippen MR) is 122 cm³/mol. The van der Waals surface area contributed by atoms with Crippen LogP contribution in [0.3, 0.4) is 0 Å². The van der Waals surface area contributed by atoms with Crippen LogP contribution < -0.4 is 10.6 Å². The number of aryl methyl sites for hydroxylation is 1. The maximum absolute atomic E-state index is 6.38. The van der Waals surface area contributed by atoms with E-state index in [9.17, 15) is 0 Å². The van der Waals surface area contributed by atoms with E-state index in [-0.39, 0.29) is 12.3 Å². The van der Waals surface area contributed by atoms with Gasteiger partial charge in [0.15, 0.2) is 0 Å². The van der Waals surface area contributed by atoms with Crippen LogP contribution in [-0.2, 0) is 11.2 Å². The van der Waals surface area contributed by atoms with Crippen LogP contribution in [0.5, 0.6) is 0 Å². The Balaban J connectivity index is 1.13. The molecule has 4 aromatic rings. The number of benzene rings is 1. The molecule has 0 spiro atoms. The predicted octanol–water partition coefficient (Wildman–Crippen LogP) is 4.08. The highest BCUT2D eigenvalue weighted by Gasteiger charge is 2.27. The highest BCUT2D eigenvalue weighted by molar-refractivity contribution is 5.86. The molecule has 2 N–H and O–H groups in total. The zero-order valence-electron chi connectivity index (χ0n) is 17.4. The number of fused-ring (bicyclic) bond motifs is 2. The third-order valence-corrected chi connectivity index (χ3v) is 6.61. The van der Waals surface area contributed by atoms with Crippen molar-refractivity contribution >= 4 is 33.6 Å². The van der Waals surface area contributed by atoms with E-state index < -0.39 is 0 Å². The standard InChI is InChI=1S/C24H26N6O/c25-23-19-10-13-30(24(19)27-15-26-23)22-9-7-18(31-22)6-3-16-2-4-17-5-8-21(28-20(17)14-16)29-11-1-12-29/h2,4-5,8,10,13-15,18,22H,1,3,6-7,9,11-12H2,(H2,25,26,27). The highest BCUT2D eigenvalue weighted by Crippen LogP contribution is 2.33. The minimum Gasteiger partial charge on any atom is -0.383 e. The maximum atomic E-state index is 6.38. The Hall–Kier alpha value is -3.19. The molecule has 2 aliphatic heterocycles. The van der Waals surface area contributed by atoms with Crippen molar-refractivity contribution in [1.29, 1.82) is 0 Å². The van der Waals surface area contributed by atoms with Crippen LogP contribution in [0.4, 0.5) is 11.6 Å². The summed E-state index contributed by atoms with van der Waals surface area (Å²) in [6, 6.07) is 12.9. The van der Waals surface area contributed by atoms with Gasteiger partial charge in [-0.05, 0) is 61.9 Å². The van der Waals surface area contributed by atoms with Gasteiger partial charge >= 0.3 is 0 Å². The fourth-order valence-corrected chi connectivity index (χ4v) is 4.68. The van der Waals surface area contributed by atoms with Crippen molar-refractivity contribution in [2.45, 2.75) is 44.4 Å². The van der Waals surface area contributed by atoms with E-state index in [1.165, 1.54) is 23.7 Å². The van der Waals surface area contributed by atoms with Crippen molar-refractivity contribution in [2.24, 2.45) is 0 Å². The Morgan fingerprint density at radius 3 is 2.84 bits per heavy atom. The number of hydrogen-bond acceptors (Lipinski definition) is 6. The summed E-state index contributed by atoms with van der Waals surface area (Å²) in [6.07, 6.45) is 9.07. The maximum Gasteiger partial charge on any atom is 0.147 e. The topological polar surface area (TPSA) is 82.1 Å². The Labute approximate surface area is 180 Å². The van der Waals surface area contributed by atoms with E-state index in [1.54, 1.807) is 0 Å². The van der Waals surface area contributed by atoms with E-state index >= 15 is 0 Å². The van der Waals surface area contributed by atoms with Gasteiger partial charge in [-0.1, -0.05) is 12.1 Å². The van der Waals surface area contributed by atoms with Crippen LogP contribution in [-0.4, -0.2) is 38.7 Å². The van der Waals surface area contributed by atoms with Crippen LogP contribution in [0.25, 0.3) is 21.9 Å². The largest absolute Gasteiger partial charge is 0.383 e. The van der Waals surface area contributed by atoms with Crippen molar-refractivity contribution in [2.75, 3.05) is 23.7 Å². The minimum absolute atomic E-state index is 0.00848. The van der Waals surface area contributed by atoms with Crippen molar-refractivity contribution in [3.05, 3.63) is 54.5 Å². The number of nitrogen functional groups attached to an aromatic ring is 1. The van der Waals surface area contributed by atoms with Gasteiger partial charge in [0.25, 0.3) is 0 Å². The summed E-state index contributed by atoms with van der Waals surface area (Å²) in [5.41, 5.74) is 9.22. The normalized spacial score (nSPS) is 21.1. The molecule has 31 heavy (non-hydrogen) atoms. The molecule has 0 radical (unpaired) electrons. The van der Waals surface area contributed by atoms with Crippen LogP contribution in [0.1, 0.15) is 37.5 Å². The Bertz CT molecular complexity index is 1250. The first-order valence-electron chi connectivity index (χ1n) is 11.1. The Morgan fingerprint density at radius 2 is 1.97 bits per heavy atom. The fourth-order valence-electron chi connectivity index (χ4n) is 4.68. The monoisotopic (exact) mass is 414 g/mol. The van der Waals surface area contributed by atoms with Gasteiger partial charge in [-0.25, -0.2) is 15.0 Å². The second-order valence-corrected chi connectivity index (χ2v) is 8.59. The average molecular weight is 415 g/mol. The highest BCUT2D eigenvalue weighted by atomic mass is 16.5. The molecular weight excluding hydrogens is 388 g/mol. The molecule has 0 saturated carbocycles. The van der Waals surface area contributed by atoms with Gasteiger partial charge in [0, 0.05) is 24.7 Å². The Kier molecular flexibility index (Phi) is 4.49. The lowest BCUT2D eigenvalue weighted by atomic mass is 10.0. The molecule has 2 saturated heterocycles. The summed E-state index contributed by atoms with van der Waals surface area (Å²) in [4.78, 5) is 15.7. The summed E-state index contributed by atoms with van der Waals surface area (Å²) in [6.45, 7) is 2.24. The summed E-state index contributed by atoms with van der Waals surface area (Å²) in [5.74, 6) is 1.61. The number of nitrogens with two attached hydrogens (primary N) is 1. The second-order valence-electron chi connectivity index (χ2n) is 8.59. The number of nitrogens with zero attached hydrogens (tertiary/aromatic N) is 5. The van der Waals surface area contributed by atoms with Crippen LogP contribution in [0, 0.1) is 0 Å². The van der Waals surface area contributed by atoms with Crippen LogP contribution in [0.15, 0.2) is 48.9 Å². The van der Waals surface area contributed by atoms with Gasteiger partial charge in [-0.2, -0.15) is 0 Å². The molecule has 5 heterocycles. The SMILES string of the molecule is Nc1ncnc2c1ccn2C1CCC(CCc2ccc3ccc(N4CCC4)nc3c2)O1.